The van der Waals surface area contributed by atoms with Gasteiger partial charge in [-0.1, -0.05) is 32.0 Å². The number of hydrogen-bond acceptors (Lipinski definition) is 6. The molecule has 1 amide bonds. The number of hydrazone groups is 1. The molecular weight excluding hydrogens is 418 g/mol. The number of nitrogens with zero attached hydrogens (tertiary/aromatic N) is 2. The molecule has 1 aromatic heterocycles. The van der Waals surface area contributed by atoms with E-state index in [1.54, 1.807) is 50.0 Å². The highest BCUT2D eigenvalue weighted by molar-refractivity contribution is 5.94. The van der Waals surface area contributed by atoms with Crippen LogP contribution in [-0.4, -0.2) is 37.4 Å². The van der Waals surface area contributed by atoms with Crippen LogP contribution in [0.1, 0.15) is 47.7 Å². The van der Waals surface area contributed by atoms with Crippen molar-refractivity contribution in [1.29, 1.82) is 0 Å². The SMILES string of the molecule is CC[C@H](C)c1ccccc1OCCOc1ccc(C=NNC(=O)c2ccncc2)cc1OC. The molecular formula is C26H29N3O4. The van der Waals surface area contributed by atoms with Gasteiger partial charge in [-0.3, -0.25) is 9.78 Å². The number of hydrogen-bond donors (Lipinski definition) is 1. The molecule has 0 saturated carbocycles. The number of para-hydroxylation sites is 1. The van der Waals surface area contributed by atoms with Crippen LogP contribution in [0.3, 0.4) is 0 Å². The van der Waals surface area contributed by atoms with Gasteiger partial charge in [-0.05, 0) is 59.9 Å². The van der Waals surface area contributed by atoms with Gasteiger partial charge < -0.3 is 14.2 Å². The average molecular weight is 448 g/mol. The first-order chi connectivity index (χ1) is 16.1. The first-order valence-electron chi connectivity index (χ1n) is 10.9. The number of rotatable bonds is 11. The summed E-state index contributed by atoms with van der Waals surface area (Å²) in [6, 6.07) is 16.8. The predicted octanol–water partition coefficient (Wildman–Crippen LogP) is 4.83. The van der Waals surface area contributed by atoms with Crippen molar-refractivity contribution in [3.8, 4) is 17.2 Å². The third-order valence-corrected chi connectivity index (χ3v) is 5.17. The number of pyridine rings is 1. The summed E-state index contributed by atoms with van der Waals surface area (Å²) in [5.41, 5.74) is 4.93. The summed E-state index contributed by atoms with van der Waals surface area (Å²) in [5.74, 6) is 2.19. The number of aromatic nitrogens is 1. The molecule has 0 saturated heterocycles. The van der Waals surface area contributed by atoms with E-state index in [0.29, 0.717) is 36.2 Å². The molecule has 1 atom stereocenters. The van der Waals surface area contributed by atoms with Crippen LogP contribution < -0.4 is 19.6 Å². The molecule has 3 rings (SSSR count). The molecule has 1 N–H and O–H groups in total. The minimum atomic E-state index is -0.310. The van der Waals surface area contributed by atoms with E-state index in [0.717, 1.165) is 17.7 Å². The van der Waals surface area contributed by atoms with Crippen LogP contribution in [0.4, 0.5) is 0 Å². The third kappa shape index (κ3) is 6.80. The van der Waals surface area contributed by atoms with E-state index in [9.17, 15) is 4.79 Å². The van der Waals surface area contributed by atoms with Crippen LogP contribution in [0.2, 0.25) is 0 Å². The molecule has 0 aliphatic carbocycles. The largest absolute Gasteiger partial charge is 0.493 e. The number of carbonyl (C=O) groups is 1. The number of amides is 1. The Balaban J connectivity index is 1.53. The van der Waals surface area contributed by atoms with Crippen molar-refractivity contribution in [3.05, 3.63) is 83.7 Å². The number of benzene rings is 2. The van der Waals surface area contributed by atoms with Gasteiger partial charge >= 0.3 is 0 Å². The highest BCUT2D eigenvalue weighted by atomic mass is 16.5. The van der Waals surface area contributed by atoms with Gasteiger partial charge in [-0.2, -0.15) is 5.10 Å². The smallest absolute Gasteiger partial charge is 0.271 e. The maximum Gasteiger partial charge on any atom is 0.271 e. The Morgan fingerprint density at radius 3 is 2.48 bits per heavy atom. The monoisotopic (exact) mass is 447 g/mol. The minimum absolute atomic E-state index is 0.310. The molecule has 3 aromatic rings. The van der Waals surface area contributed by atoms with Crippen molar-refractivity contribution >= 4 is 12.1 Å². The van der Waals surface area contributed by atoms with Crippen molar-refractivity contribution in [2.75, 3.05) is 20.3 Å². The zero-order valence-electron chi connectivity index (χ0n) is 19.2. The fourth-order valence-electron chi connectivity index (χ4n) is 3.16. The van der Waals surface area contributed by atoms with Crippen LogP contribution >= 0.6 is 0 Å². The van der Waals surface area contributed by atoms with E-state index in [-0.39, 0.29) is 5.91 Å². The molecule has 0 spiro atoms. The highest BCUT2D eigenvalue weighted by Gasteiger charge is 2.10. The van der Waals surface area contributed by atoms with E-state index in [4.69, 9.17) is 14.2 Å². The van der Waals surface area contributed by atoms with E-state index in [1.165, 1.54) is 5.56 Å². The standard InChI is InChI=1S/C26H29N3O4/c1-4-19(2)22-7-5-6-8-23(22)32-15-16-33-24-10-9-20(17-25(24)31-3)18-28-29-26(30)21-11-13-27-14-12-21/h5-14,17-19H,4,15-16H2,1-3H3,(H,29,30)/t19-/m0/s1. The van der Waals surface area contributed by atoms with Gasteiger partial charge in [0, 0.05) is 18.0 Å². The summed E-state index contributed by atoms with van der Waals surface area (Å²) in [7, 11) is 1.58. The Morgan fingerprint density at radius 2 is 1.76 bits per heavy atom. The lowest BCUT2D eigenvalue weighted by molar-refractivity contribution is 0.0955. The van der Waals surface area contributed by atoms with Crippen LogP contribution in [0.15, 0.2) is 72.1 Å². The van der Waals surface area contributed by atoms with Crippen LogP contribution in [0.25, 0.3) is 0 Å². The van der Waals surface area contributed by atoms with Crippen molar-refractivity contribution < 1.29 is 19.0 Å². The lowest BCUT2D eigenvalue weighted by atomic mass is 9.98. The Hall–Kier alpha value is -3.87. The zero-order chi connectivity index (χ0) is 23.5. The van der Waals surface area contributed by atoms with Gasteiger partial charge in [0.1, 0.15) is 19.0 Å². The molecule has 2 aromatic carbocycles. The van der Waals surface area contributed by atoms with E-state index in [1.807, 2.05) is 24.3 Å². The molecule has 7 nitrogen and oxygen atoms in total. The van der Waals surface area contributed by atoms with Crippen LogP contribution in [-0.2, 0) is 0 Å². The number of ether oxygens (including phenoxy) is 3. The first-order valence-corrected chi connectivity index (χ1v) is 10.9. The van der Waals surface area contributed by atoms with Crippen molar-refractivity contribution in [3.63, 3.8) is 0 Å². The van der Waals surface area contributed by atoms with Crippen LogP contribution in [0.5, 0.6) is 17.2 Å². The minimum Gasteiger partial charge on any atom is -0.493 e. The molecule has 0 radical (unpaired) electrons. The quantitative estimate of drug-likeness (QED) is 0.259. The van der Waals surface area contributed by atoms with Gasteiger partial charge in [0.05, 0.1) is 13.3 Å². The van der Waals surface area contributed by atoms with Crippen molar-refractivity contribution in [2.45, 2.75) is 26.2 Å². The summed E-state index contributed by atoms with van der Waals surface area (Å²) in [6.07, 6.45) is 5.70. The van der Waals surface area contributed by atoms with Gasteiger partial charge in [0.15, 0.2) is 11.5 Å². The number of carbonyl (C=O) groups excluding carboxylic acids is 1. The Bertz CT molecular complexity index is 1070. The van der Waals surface area contributed by atoms with Gasteiger partial charge in [-0.15, -0.1) is 0 Å². The van der Waals surface area contributed by atoms with E-state index in [2.05, 4.69) is 35.4 Å². The normalized spacial score (nSPS) is 11.7. The summed E-state index contributed by atoms with van der Waals surface area (Å²) < 4.78 is 17.3. The third-order valence-electron chi connectivity index (χ3n) is 5.17. The van der Waals surface area contributed by atoms with Crippen molar-refractivity contribution in [1.82, 2.24) is 10.4 Å². The lowest BCUT2D eigenvalue weighted by Gasteiger charge is -2.16. The molecule has 1 heterocycles. The summed E-state index contributed by atoms with van der Waals surface area (Å²) in [6.45, 7) is 5.15. The van der Waals surface area contributed by atoms with Gasteiger partial charge in [0.2, 0.25) is 0 Å². The molecule has 0 aliphatic rings. The highest BCUT2D eigenvalue weighted by Crippen LogP contribution is 2.29. The average Bonchev–Trinajstić information content (AvgIpc) is 2.87. The fraction of sp³-hybridized carbons (Fsp3) is 0.269. The van der Waals surface area contributed by atoms with Crippen LogP contribution in [0, 0.1) is 0 Å². The summed E-state index contributed by atoms with van der Waals surface area (Å²) in [5, 5.41) is 4.00. The zero-order valence-corrected chi connectivity index (χ0v) is 19.2. The number of nitrogens with one attached hydrogen (secondary N) is 1. The summed E-state index contributed by atoms with van der Waals surface area (Å²) in [4.78, 5) is 15.9. The maximum atomic E-state index is 12.0. The van der Waals surface area contributed by atoms with Gasteiger partial charge in [-0.25, -0.2) is 5.43 Å². The van der Waals surface area contributed by atoms with Gasteiger partial charge in [0.25, 0.3) is 5.91 Å². The topological polar surface area (TPSA) is 82.0 Å². The molecule has 33 heavy (non-hydrogen) atoms. The van der Waals surface area contributed by atoms with E-state index < -0.39 is 0 Å². The molecule has 7 heteroatoms. The summed E-state index contributed by atoms with van der Waals surface area (Å²) >= 11 is 0. The second kappa shape index (κ2) is 12.2. The molecule has 0 fully saturated rings. The fourth-order valence-corrected chi connectivity index (χ4v) is 3.16. The molecule has 0 aliphatic heterocycles. The Kier molecular flexibility index (Phi) is 8.82. The van der Waals surface area contributed by atoms with Crippen molar-refractivity contribution in [2.24, 2.45) is 5.10 Å². The second-order valence-electron chi connectivity index (χ2n) is 7.39. The Labute approximate surface area is 194 Å². The van der Waals surface area contributed by atoms with E-state index >= 15 is 0 Å². The predicted molar refractivity (Wildman–Crippen MR) is 128 cm³/mol. The molecule has 0 bridgehead atoms. The lowest BCUT2D eigenvalue weighted by Crippen LogP contribution is -2.17. The molecule has 0 unspecified atom stereocenters. The Morgan fingerprint density at radius 1 is 1.03 bits per heavy atom. The second-order valence-corrected chi connectivity index (χ2v) is 7.39. The first kappa shape index (κ1) is 23.8. The maximum absolute atomic E-state index is 12.0. The molecule has 172 valence electrons. The number of methoxy groups -OCH3 is 1.